The van der Waals surface area contributed by atoms with Crippen molar-refractivity contribution in [2.24, 2.45) is 0 Å². The number of nitrogens with one attached hydrogen (secondary N) is 1. The van der Waals surface area contributed by atoms with E-state index in [1.165, 1.54) is 6.07 Å². The van der Waals surface area contributed by atoms with Gasteiger partial charge in [0.2, 0.25) is 0 Å². The van der Waals surface area contributed by atoms with Crippen LogP contribution in [0.4, 0.5) is 13.2 Å². The lowest BCUT2D eigenvalue weighted by molar-refractivity contribution is -0.141. The van der Waals surface area contributed by atoms with Crippen LogP contribution in [0.2, 0.25) is 0 Å². The third-order valence-electron chi connectivity index (χ3n) is 2.47. The largest absolute Gasteiger partial charge is 0.433 e. The molecule has 2 unspecified atom stereocenters. The van der Waals surface area contributed by atoms with E-state index >= 15 is 0 Å². The van der Waals surface area contributed by atoms with Crippen molar-refractivity contribution in [3.8, 4) is 0 Å². The van der Waals surface area contributed by atoms with E-state index in [1.807, 2.05) is 0 Å². The van der Waals surface area contributed by atoms with Crippen LogP contribution < -0.4 is 5.32 Å². The van der Waals surface area contributed by atoms with Gasteiger partial charge >= 0.3 is 6.18 Å². The predicted molar refractivity (Wildman–Crippen MR) is 58.7 cm³/mol. The molecular formula is C11H15F3N2O2. The molecule has 1 rings (SSSR count). The van der Waals surface area contributed by atoms with Gasteiger partial charge in [0.1, 0.15) is 11.8 Å². The van der Waals surface area contributed by atoms with Crippen LogP contribution >= 0.6 is 0 Å². The Hall–Kier alpha value is -1.18. The molecule has 1 aromatic rings. The molecule has 2 atom stereocenters. The van der Waals surface area contributed by atoms with Crippen molar-refractivity contribution in [2.45, 2.75) is 24.8 Å². The van der Waals surface area contributed by atoms with Gasteiger partial charge in [-0.25, -0.2) is 0 Å². The van der Waals surface area contributed by atoms with E-state index in [2.05, 4.69) is 10.3 Å². The SMILES string of the molecule is CNCCC(O)C(O)c1ccnc(C(F)(F)F)c1. The molecule has 0 saturated heterocycles. The second-order valence-corrected chi connectivity index (χ2v) is 3.88. The molecule has 1 aromatic heterocycles. The first-order valence-corrected chi connectivity index (χ1v) is 5.40. The molecule has 0 aliphatic carbocycles. The van der Waals surface area contributed by atoms with Crippen molar-refractivity contribution in [1.29, 1.82) is 0 Å². The Bertz CT molecular complexity index is 385. The van der Waals surface area contributed by atoms with Gasteiger partial charge in [-0.3, -0.25) is 4.98 Å². The number of aliphatic hydroxyl groups excluding tert-OH is 2. The second kappa shape index (κ2) is 6.12. The first kappa shape index (κ1) is 14.9. The average Bonchev–Trinajstić information content (AvgIpc) is 2.34. The molecular weight excluding hydrogens is 249 g/mol. The first-order chi connectivity index (χ1) is 8.36. The lowest BCUT2D eigenvalue weighted by Gasteiger charge is -2.18. The van der Waals surface area contributed by atoms with Gasteiger partial charge in [-0.1, -0.05) is 0 Å². The summed E-state index contributed by atoms with van der Waals surface area (Å²) in [6.45, 7) is 0.454. The fourth-order valence-corrected chi connectivity index (χ4v) is 1.46. The van der Waals surface area contributed by atoms with Crippen LogP contribution in [-0.2, 0) is 6.18 Å². The summed E-state index contributed by atoms with van der Waals surface area (Å²) in [6, 6.07) is 2.00. The van der Waals surface area contributed by atoms with Crippen LogP contribution in [0.15, 0.2) is 18.3 Å². The maximum absolute atomic E-state index is 12.4. The normalized spacial score (nSPS) is 15.4. The number of nitrogens with zero attached hydrogens (tertiary/aromatic N) is 1. The highest BCUT2D eigenvalue weighted by atomic mass is 19.4. The van der Waals surface area contributed by atoms with Gasteiger partial charge in [-0.2, -0.15) is 13.2 Å². The van der Waals surface area contributed by atoms with Crippen molar-refractivity contribution in [3.05, 3.63) is 29.6 Å². The lowest BCUT2D eigenvalue weighted by Crippen LogP contribution is -2.23. The number of rotatable bonds is 5. The van der Waals surface area contributed by atoms with Crippen molar-refractivity contribution in [3.63, 3.8) is 0 Å². The van der Waals surface area contributed by atoms with Gasteiger partial charge in [0.05, 0.1) is 6.10 Å². The monoisotopic (exact) mass is 264 g/mol. The highest BCUT2D eigenvalue weighted by Gasteiger charge is 2.33. The van der Waals surface area contributed by atoms with Crippen molar-refractivity contribution in [2.75, 3.05) is 13.6 Å². The van der Waals surface area contributed by atoms with Gasteiger partial charge in [0.25, 0.3) is 0 Å². The van der Waals surface area contributed by atoms with E-state index in [0.29, 0.717) is 6.54 Å². The van der Waals surface area contributed by atoms with Gasteiger partial charge in [0, 0.05) is 6.20 Å². The molecule has 0 aliphatic rings. The third-order valence-corrected chi connectivity index (χ3v) is 2.47. The van der Waals surface area contributed by atoms with Crippen LogP contribution in [0.1, 0.15) is 23.8 Å². The minimum atomic E-state index is -4.56. The zero-order valence-corrected chi connectivity index (χ0v) is 9.78. The number of aliphatic hydroxyl groups is 2. The topological polar surface area (TPSA) is 65.4 Å². The Morgan fingerprint density at radius 2 is 2.06 bits per heavy atom. The van der Waals surface area contributed by atoms with E-state index < -0.39 is 24.1 Å². The van der Waals surface area contributed by atoms with E-state index in [-0.39, 0.29) is 12.0 Å². The summed E-state index contributed by atoms with van der Waals surface area (Å²) < 4.78 is 37.3. The zero-order chi connectivity index (χ0) is 13.8. The molecule has 3 N–H and O–H groups in total. The minimum absolute atomic E-state index is 0.000859. The van der Waals surface area contributed by atoms with Crippen molar-refractivity contribution >= 4 is 0 Å². The summed E-state index contributed by atoms with van der Waals surface area (Å²) in [5.41, 5.74) is -1.08. The Morgan fingerprint density at radius 1 is 1.39 bits per heavy atom. The van der Waals surface area contributed by atoms with Crippen LogP contribution in [0.5, 0.6) is 0 Å². The number of hydrogen-bond donors (Lipinski definition) is 3. The van der Waals surface area contributed by atoms with Crippen molar-refractivity contribution in [1.82, 2.24) is 10.3 Å². The van der Waals surface area contributed by atoms with Crippen molar-refractivity contribution < 1.29 is 23.4 Å². The number of alkyl halides is 3. The molecule has 0 fully saturated rings. The van der Waals surface area contributed by atoms with Crippen LogP contribution in [-0.4, -0.2) is 34.9 Å². The van der Waals surface area contributed by atoms with Gasteiger partial charge in [0.15, 0.2) is 0 Å². The Balaban J connectivity index is 2.83. The Labute approximate surface area is 102 Å². The van der Waals surface area contributed by atoms with E-state index in [1.54, 1.807) is 7.05 Å². The highest BCUT2D eigenvalue weighted by Crippen LogP contribution is 2.29. The average molecular weight is 264 g/mol. The third kappa shape index (κ3) is 3.94. The van der Waals surface area contributed by atoms with Gasteiger partial charge in [-0.05, 0) is 37.7 Å². The molecule has 0 aromatic carbocycles. The fraction of sp³-hybridized carbons (Fsp3) is 0.545. The molecule has 4 nitrogen and oxygen atoms in total. The molecule has 18 heavy (non-hydrogen) atoms. The van der Waals surface area contributed by atoms with Gasteiger partial charge < -0.3 is 15.5 Å². The highest BCUT2D eigenvalue weighted by molar-refractivity contribution is 5.21. The van der Waals surface area contributed by atoms with Crippen LogP contribution in [0, 0.1) is 0 Å². The molecule has 102 valence electrons. The predicted octanol–water partition coefficient (Wildman–Crippen LogP) is 1.10. The molecule has 0 spiro atoms. The summed E-state index contributed by atoms with van der Waals surface area (Å²) in [5, 5.41) is 22.1. The summed E-state index contributed by atoms with van der Waals surface area (Å²) in [7, 11) is 1.67. The van der Waals surface area contributed by atoms with E-state index in [9.17, 15) is 23.4 Å². The molecule has 0 bridgehead atoms. The van der Waals surface area contributed by atoms with Crippen LogP contribution in [0.3, 0.4) is 0 Å². The maximum Gasteiger partial charge on any atom is 0.433 e. The molecule has 1 heterocycles. The van der Waals surface area contributed by atoms with Gasteiger partial charge in [-0.15, -0.1) is 0 Å². The molecule has 0 saturated carbocycles. The number of aromatic nitrogens is 1. The summed E-state index contributed by atoms with van der Waals surface area (Å²) in [6.07, 6.45) is -5.84. The molecule has 0 aliphatic heterocycles. The summed E-state index contributed by atoms with van der Waals surface area (Å²) in [5.74, 6) is 0. The fourth-order valence-electron chi connectivity index (χ4n) is 1.46. The van der Waals surface area contributed by atoms with Crippen LogP contribution in [0.25, 0.3) is 0 Å². The molecule has 0 amide bonds. The van der Waals surface area contributed by atoms with E-state index in [0.717, 1.165) is 12.3 Å². The maximum atomic E-state index is 12.4. The molecule has 7 heteroatoms. The number of pyridine rings is 1. The standard InChI is InChI=1S/C11H15F3N2O2/c1-15-4-3-8(17)10(18)7-2-5-16-9(6-7)11(12,13)14/h2,5-6,8,10,15,17-18H,3-4H2,1H3. The summed E-state index contributed by atoms with van der Waals surface area (Å²) in [4.78, 5) is 3.18. The van der Waals surface area contributed by atoms with E-state index in [4.69, 9.17) is 0 Å². The lowest BCUT2D eigenvalue weighted by atomic mass is 10.0. The second-order valence-electron chi connectivity index (χ2n) is 3.88. The Morgan fingerprint density at radius 3 is 2.61 bits per heavy atom. The number of hydrogen-bond acceptors (Lipinski definition) is 4. The minimum Gasteiger partial charge on any atom is -0.390 e. The zero-order valence-electron chi connectivity index (χ0n) is 9.78. The quantitative estimate of drug-likeness (QED) is 0.745. The summed E-state index contributed by atoms with van der Waals surface area (Å²) >= 11 is 0. The Kier molecular flexibility index (Phi) is 5.06. The number of halogens is 3. The molecule has 0 radical (unpaired) electrons. The smallest absolute Gasteiger partial charge is 0.390 e. The first-order valence-electron chi connectivity index (χ1n) is 5.40.